The van der Waals surface area contributed by atoms with Crippen molar-refractivity contribution in [2.45, 2.75) is 33.1 Å². The standard InChI is InChI=1S/C31H31N3O5/c1-3-38-29(35)20-28(26-9-5-4-7-21(26)2)33-17-14-23-19-25(12-13-27(23)33)39-18-15-24-11-10-22-8-6-16-34(31(36)37)30(22)32-24/h4-5,7,9-14,17,19-20H,3,6,8,15-16,18H2,1-2H3,(H,36,37)/b28-20+. The van der Waals surface area contributed by atoms with E-state index in [-0.39, 0.29) is 5.97 Å². The molecular weight excluding hydrogens is 494 g/mol. The van der Waals surface area contributed by atoms with Crippen molar-refractivity contribution >= 4 is 34.5 Å². The van der Waals surface area contributed by atoms with Crippen LogP contribution in [0.15, 0.2) is 72.9 Å². The average molecular weight is 526 g/mol. The molecule has 0 bridgehead atoms. The van der Waals surface area contributed by atoms with E-state index in [0.717, 1.165) is 57.6 Å². The number of nitrogens with zero attached hydrogens (tertiary/aromatic N) is 3. The van der Waals surface area contributed by atoms with Gasteiger partial charge in [0.15, 0.2) is 0 Å². The van der Waals surface area contributed by atoms with Crippen LogP contribution in [0.1, 0.15) is 35.7 Å². The summed E-state index contributed by atoms with van der Waals surface area (Å²) in [6, 6.07) is 19.7. The van der Waals surface area contributed by atoms with E-state index in [1.807, 2.05) is 78.4 Å². The number of carboxylic acid groups (broad SMARTS) is 1. The SMILES string of the molecule is CCOC(=O)/C=C(\c1ccccc1C)n1ccc2cc(OCCc3ccc4c(n3)N(C(=O)O)CCC4)ccc21. The minimum Gasteiger partial charge on any atom is -0.493 e. The Labute approximate surface area is 227 Å². The summed E-state index contributed by atoms with van der Waals surface area (Å²) in [6.45, 7) is 4.99. The van der Waals surface area contributed by atoms with E-state index in [0.29, 0.717) is 32.0 Å². The fraction of sp³-hybridized carbons (Fsp3) is 0.258. The zero-order valence-corrected chi connectivity index (χ0v) is 22.1. The maximum atomic E-state index is 12.4. The molecule has 0 atom stereocenters. The molecule has 200 valence electrons. The van der Waals surface area contributed by atoms with Gasteiger partial charge in [-0.25, -0.2) is 14.6 Å². The van der Waals surface area contributed by atoms with Gasteiger partial charge in [0.05, 0.1) is 24.4 Å². The van der Waals surface area contributed by atoms with Crippen molar-refractivity contribution in [2.75, 3.05) is 24.7 Å². The number of rotatable bonds is 8. The number of pyridine rings is 1. The molecule has 8 nitrogen and oxygen atoms in total. The first-order valence-electron chi connectivity index (χ1n) is 13.1. The Balaban J connectivity index is 1.34. The van der Waals surface area contributed by atoms with Crippen molar-refractivity contribution in [1.82, 2.24) is 9.55 Å². The molecular formula is C31H31N3O5. The van der Waals surface area contributed by atoms with Crippen LogP contribution in [0, 0.1) is 6.92 Å². The lowest BCUT2D eigenvalue weighted by atomic mass is 10.0. The highest BCUT2D eigenvalue weighted by Gasteiger charge is 2.23. The minimum absolute atomic E-state index is 0.308. The Morgan fingerprint density at radius 2 is 1.95 bits per heavy atom. The van der Waals surface area contributed by atoms with Crippen molar-refractivity contribution in [3.63, 3.8) is 0 Å². The number of aryl methyl sites for hydroxylation is 2. The van der Waals surface area contributed by atoms with Crippen molar-refractivity contribution in [2.24, 2.45) is 0 Å². The fourth-order valence-electron chi connectivity index (χ4n) is 4.93. The summed E-state index contributed by atoms with van der Waals surface area (Å²) in [5.74, 6) is 0.867. The quantitative estimate of drug-likeness (QED) is 0.229. The van der Waals surface area contributed by atoms with E-state index in [9.17, 15) is 14.7 Å². The lowest BCUT2D eigenvalue weighted by Crippen LogP contribution is -2.35. The highest BCUT2D eigenvalue weighted by Crippen LogP contribution is 2.29. The van der Waals surface area contributed by atoms with Gasteiger partial charge in [0, 0.05) is 41.9 Å². The van der Waals surface area contributed by atoms with Crippen LogP contribution in [-0.2, 0) is 22.4 Å². The molecule has 0 spiro atoms. The van der Waals surface area contributed by atoms with Crippen LogP contribution < -0.4 is 9.64 Å². The normalized spacial score (nSPS) is 13.3. The molecule has 1 N–H and O–H groups in total. The van der Waals surface area contributed by atoms with E-state index >= 15 is 0 Å². The zero-order valence-electron chi connectivity index (χ0n) is 22.1. The molecule has 8 heteroatoms. The molecule has 5 rings (SSSR count). The van der Waals surface area contributed by atoms with Crippen molar-refractivity contribution in [3.8, 4) is 5.75 Å². The summed E-state index contributed by atoms with van der Waals surface area (Å²) in [7, 11) is 0. The van der Waals surface area contributed by atoms with Gasteiger partial charge in [-0.05, 0) is 68.1 Å². The molecule has 0 saturated carbocycles. The summed E-state index contributed by atoms with van der Waals surface area (Å²) in [5, 5.41) is 10.5. The smallest absolute Gasteiger partial charge is 0.413 e. The molecule has 1 amide bonds. The van der Waals surface area contributed by atoms with Crippen LogP contribution in [0.3, 0.4) is 0 Å². The number of fused-ring (bicyclic) bond motifs is 2. The van der Waals surface area contributed by atoms with E-state index in [2.05, 4.69) is 4.98 Å². The van der Waals surface area contributed by atoms with Crippen LogP contribution in [0.2, 0.25) is 0 Å². The van der Waals surface area contributed by atoms with Gasteiger partial charge in [-0.3, -0.25) is 4.90 Å². The van der Waals surface area contributed by atoms with E-state index in [1.165, 1.54) is 11.0 Å². The van der Waals surface area contributed by atoms with Crippen LogP contribution in [0.25, 0.3) is 16.6 Å². The third-order valence-corrected chi connectivity index (χ3v) is 6.84. The predicted octanol–water partition coefficient (Wildman–Crippen LogP) is 5.85. The van der Waals surface area contributed by atoms with Gasteiger partial charge in [-0.1, -0.05) is 30.3 Å². The number of carbonyl (C=O) groups excluding carboxylic acids is 1. The molecule has 2 aromatic carbocycles. The molecule has 1 aliphatic rings. The molecule has 3 heterocycles. The van der Waals surface area contributed by atoms with Gasteiger partial charge in [0.25, 0.3) is 0 Å². The molecule has 1 aliphatic heterocycles. The topological polar surface area (TPSA) is 93.9 Å². The Morgan fingerprint density at radius 1 is 1.10 bits per heavy atom. The number of hydrogen-bond donors (Lipinski definition) is 1. The highest BCUT2D eigenvalue weighted by molar-refractivity contribution is 5.95. The Kier molecular flexibility index (Phi) is 7.63. The van der Waals surface area contributed by atoms with Gasteiger partial charge < -0.3 is 19.1 Å². The van der Waals surface area contributed by atoms with Crippen LogP contribution in [0.4, 0.5) is 10.6 Å². The number of benzene rings is 2. The van der Waals surface area contributed by atoms with E-state index < -0.39 is 6.09 Å². The molecule has 0 aliphatic carbocycles. The van der Waals surface area contributed by atoms with E-state index in [4.69, 9.17) is 9.47 Å². The number of carbonyl (C=O) groups is 2. The van der Waals surface area contributed by atoms with Crippen molar-refractivity contribution in [3.05, 3.63) is 95.3 Å². The second-order valence-corrected chi connectivity index (χ2v) is 9.42. The highest BCUT2D eigenvalue weighted by atomic mass is 16.5. The molecule has 39 heavy (non-hydrogen) atoms. The van der Waals surface area contributed by atoms with Crippen LogP contribution in [0.5, 0.6) is 5.75 Å². The molecule has 0 saturated heterocycles. The summed E-state index contributed by atoms with van der Waals surface area (Å²) >= 11 is 0. The molecule has 0 unspecified atom stereocenters. The third kappa shape index (κ3) is 5.65. The Morgan fingerprint density at radius 3 is 2.74 bits per heavy atom. The Bertz CT molecular complexity index is 1560. The second-order valence-electron chi connectivity index (χ2n) is 9.42. The predicted molar refractivity (Wildman–Crippen MR) is 150 cm³/mol. The molecule has 0 fully saturated rings. The van der Waals surface area contributed by atoms with Gasteiger partial charge in [-0.2, -0.15) is 0 Å². The van der Waals surface area contributed by atoms with Gasteiger partial charge in [0.1, 0.15) is 11.6 Å². The number of aromatic nitrogens is 2. The first-order chi connectivity index (χ1) is 18.9. The van der Waals surface area contributed by atoms with Gasteiger partial charge >= 0.3 is 12.1 Å². The number of ether oxygens (including phenoxy) is 2. The van der Waals surface area contributed by atoms with E-state index in [1.54, 1.807) is 6.92 Å². The monoisotopic (exact) mass is 525 g/mol. The first kappa shape index (κ1) is 26.0. The summed E-state index contributed by atoms with van der Waals surface area (Å²) in [5.41, 5.74) is 5.43. The zero-order chi connectivity index (χ0) is 27.4. The van der Waals surface area contributed by atoms with Crippen LogP contribution in [-0.4, -0.2) is 46.5 Å². The largest absolute Gasteiger partial charge is 0.493 e. The maximum absolute atomic E-state index is 12.4. The van der Waals surface area contributed by atoms with Crippen molar-refractivity contribution < 1.29 is 24.2 Å². The fourth-order valence-corrected chi connectivity index (χ4v) is 4.93. The van der Waals surface area contributed by atoms with Crippen LogP contribution >= 0.6 is 0 Å². The second kappa shape index (κ2) is 11.4. The first-order valence-corrected chi connectivity index (χ1v) is 13.1. The number of anilines is 1. The number of esters is 1. The van der Waals surface area contributed by atoms with Gasteiger partial charge in [0.2, 0.25) is 0 Å². The molecule has 0 radical (unpaired) electrons. The van der Waals surface area contributed by atoms with Crippen molar-refractivity contribution in [1.29, 1.82) is 0 Å². The summed E-state index contributed by atoms with van der Waals surface area (Å²) < 4.78 is 13.2. The lowest BCUT2D eigenvalue weighted by Gasteiger charge is -2.26. The van der Waals surface area contributed by atoms with Gasteiger partial charge in [-0.15, -0.1) is 0 Å². The average Bonchev–Trinajstić information content (AvgIpc) is 3.35. The minimum atomic E-state index is -0.972. The summed E-state index contributed by atoms with van der Waals surface area (Å²) in [6.07, 6.45) is 4.70. The number of hydrogen-bond acceptors (Lipinski definition) is 5. The number of amides is 1. The third-order valence-electron chi connectivity index (χ3n) is 6.84. The maximum Gasteiger partial charge on any atom is 0.413 e. The Hall–Kier alpha value is -4.59. The molecule has 4 aromatic rings. The molecule has 2 aromatic heterocycles. The lowest BCUT2D eigenvalue weighted by molar-refractivity contribution is -0.137. The summed E-state index contributed by atoms with van der Waals surface area (Å²) in [4.78, 5) is 29.9.